The molecule has 0 N–H and O–H groups in total. The first kappa shape index (κ1) is 18.3. The Morgan fingerprint density at radius 1 is 1.04 bits per heavy atom. The largest absolute Gasteiger partial charge is 0.494 e. The van der Waals surface area contributed by atoms with Crippen molar-refractivity contribution in [3.05, 3.63) is 30.2 Å². The Morgan fingerprint density at radius 3 is 2.04 bits per heavy atom. The molecule has 1 aromatic carbocycles. The van der Waals surface area contributed by atoms with Gasteiger partial charge in [0.1, 0.15) is 5.75 Å². The molecule has 127 valence electrons. The highest BCUT2D eigenvalue weighted by molar-refractivity contribution is 6.62. The summed E-state index contributed by atoms with van der Waals surface area (Å²) in [4.78, 5) is 0. The molecule has 3 nitrogen and oxygen atoms in total. The minimum Gasteiger partial charge on any atom is -0.493 e. The minimum atomic E-state index is -0.316. The van der Waals surface area contributed by atoms with E-state index in [1.54, 1.807) is 0 Å². The first-order valence-corrected chi connectivity index (χ1v) is 8.50. The van der Waals surface area contributed by atoms with Gasteiger partial charge in [-0.05, 0) is 57.6 Å². The zero-order valence-electron chi connectivity index (χ0n) is 15.6. The third kappa shape index (κ3) is 4.51. The van der Waals surface area contributed by atoms with E-state index in [2.05, 4.69) is 48.5 Å². The molecule has 2 rings (SSSR count). The van der Waals surface area contributed by atoms with E-state index in [1.165, 1.54) is 5.92 Å². The third-order valence-corrected chi connectivity index (χ3v) is 4.65. The first-order chi connectivity index (χ1) is 10.6. The molecular weight excluding hydrogens is 287 g/mol. The Balaban J connectivity index is 1.93. The predicted molar refractivity (Wildman–Crippen MR) is 96.0 cm³/mol. The standard InChI is InChI=1S/C19H30BO3/c1-14(2)12-15(3)13-21-17-10-8-16(9-11-17)20-22-18(4,5)19(6,7)23-20/h8-11,14H,12-13H2,1-7H3. The molecule has 0 aromatic heterocycles. The van der Waals surface area contributed by atoms with Crippen LogP contribution in [0, 0.1) is 11.8 Å². The predicted octanol–water partition coefficient (Wildman–Crippen LogP) is 4.01. The zero-order valence-corrected chi connectivity index (χ0v) is 15.6. The molecule has 0 unspecified atom stereocenters. The van der Waals surface area contributed by atoms with E-state index in [0.29, 0.717) is 12.5 Å². The number of benzene rings is 1. The molecule has 1 aliphatic heterocycles. The molecule has 4 heteroatoms. The van der Waals surface area contributed by atoms with Gasteiger partial charge >= 0.3 is 7.12 Å². The fourth-order valence-electron chi connectivity index (χ4n) is 2.66. The van der Waals surface area contributed by atoms with Crippen LogP contribution in [0.5, 0.6) is 5.75 Å². The smallest absolute Gasteiger partial charge is 0.493 e. The second-order valence-corrected chi connectivity index (χ2v) is 8.00. The van der Waals surface area contributed by atoms with E-state index < -0.39 is 0 Å². The second-order valence-electron chi connectivity index (χ2n) is 8.00. The van der Waals surface area contributed by atoms with E-state index in [1.807, 2.05) is 24.3 Å². The van der Waals surface area contributed by atoms with Gasteiger partial charge in [-0.1, -0.05) is 32.9 Å². The van der Waals surface area contributed by atoms with Crippen molar-refractivity contribution in [1.29, 1.82) is 0 Å². The van der Waals surface area contributed by atoms with Crippen molar-refractivity contribution in [3.8, 4) is 5.75 Å². The van der Waals surface area contributed by atoms with Gasteiger partial charge in [0, 0.05) is 5.92 Å². The Morgan fingerprint density at radius 2 is 1.57 bits per heavy atom. The molecule has 0 saturated carbocycles. The van der Waals surface area contributed by atoms with Gasteiger partial charge in [-0.15, -0.1) is 0 Å². The van der Waals surface area contributed by atoms with Crippen molar-refractivity contribution >= 4 is 12.6 Å². The summed E-state index contributed by atoms with van der Waals surface area (Å²) in [5.74, 6) is 2.92. The number of ether oxygens (including phenoxy) is 1. The topological polar surface area (TPSA) is 27.7 Å². The van der Waals surface area contributed by atoms with E-state index in [-0.39, 0.29) is 18.3 Å². The molecule has 0 spiro atoms. The van der Waals surface area contributed by atoms with E-state index in [4.69, 9.17) is 14.0 Å². The number of hydrogen-bond acceptors (Lipinski definition) is 3. The van der Waals surface area contributed by atoms with Crippen molar-refractivity contribution in [2.45, 2.75) is 66.1 Å². The summed E-state index contributed by atoms with van der Waals surface area (Å²) >= 11 is 0. The van der Waals surface area contributed by atoms with Crippen LogP contribution in [-0.2, 0) is 9.31 Å². The average Bonchev–Trinajstić information content (AvgIpc) is 2.65. The summed E-state index contributed by atoms with van der Waals surface area (Å²) < 4.78 is 18.0. The Kier molecular flexibility index (Phi) is 5.47. The number of hydrogen-bond donors (Lipinski definition) is 0. The molecule has 23 heavy (non-hydrogen) atoms. The average molecular weight is 317 g/mol. The highest BCUT2D eigenvalue weighted by Gasteiger charge is 2.51. The van der Waals surface area contributed by atoms with Crippen molar-refractivity contribution in [2.75, 3.05) is 6.61 Å². The monoisotopic (exact) mass is 317 g/mol. The Labute approximate surface area is 141 Å². The zero-order chi connectivity index (χ0) is 17.3. The Hall–Kier alpha value is -0.995. The summed E-state index contributed by atoms with van der Waals surface area (Å²) in [5, 5.41) is 0. The van der Waals surface area contributed by atoms with Crippen LogP contribution in [0.1, 0.15) is 54.9 Å². The summed E-state index contributed by atoms with van der Waals surface area (Å²) in [6, 6.07) is 8.02. The summed E-state index contributed by atoms with van der Waals surface area (Å²) in [5.41, 5.74) is 0.407. The van der Waals surface area contributed by atoms with Gasteiger partial charge in [0.05, 0.1) is 17.8 Å². The molecule has 0 amide bonds. The van der Waals surface area contributed by atoms with Crippen LogP contribution in [-0.4, -0.2) is 24.9 Å². The van der Waals surface area contributed by atoms with E-state index >= 15 is 0 Å². The molecule has 1 aliphatic rings. The normalized spacial score (nSPS) is 19.6. The van der Waals surface area contributed by atoms with Gasteiger partial charge in [-0.2, -0.15) is 0 Å². The van der Waals surface area contributed by atoms with Crippen LogP contribution >= 0.6 is 0 Å². The highest BCUT2D eigenvalue weighted by Crippen LogP contribution is 2.36. The van der Waals surface area contributed by atoms with E-state index in [0.717, 1.165) is 17.6 Å². The first-order valence-electron chi connectivity index (χ1n) is 8.50. The molecule has 1 fully saturated rings. The van der Waals surface area contributed by atoms with Gasteiger partial charge in [-0.3, -0.25) is 0 Å². The molecular formula is C19H30BO3. The van der Waals surface area contributed by atoms with Crippen LogP contribution in [0.25, 0.3) is 0 Å². The second kappa shape index (κ2) is 6.86. The van der Waals surface area contributed by atoms with Crippen molar-refractivity contribution in [1.82, 2.24) is 0 Å². The maximum atomic E-state index is 6.06. The fourth-order valence-corrected chi connectivity index (χ4v) is 2.66. The quantitative estimate of drug-likeness (QED) is 0.742. The minimum absolute atomic E-state index is 0.310. The van der Waals surface area contributed by atoms with Crippen LogP contribution in [0.15, 0.2) is 24.3 Å². The number of rotatable bonds is 6. The molecule has 1 radical (unpaired) electrons. The third-order valence-electron chi connectivity index (χ3n) is 4.65. The summed E-state index contributed by atoms with van der Waals surface area (Å²) in [6.45, 7) is 15.5. The van der Waals surface area contributed by atoms with Gasteiger partial charge in [-0.25, -0.2) is 0 Å². The maximum Gasteiger partial charge on any atom is 0.494 e. The van der Waals surface area contributed by atoms with Crippen LogP contribution in [0.4, 0.5) is 0 Å². The molecule has 1 aromatic rings. The van der Waals surface area contributed by atoms with Crippen LogP contribution < -0.4 is 10.2 Å². The molecule has 0 bridgehead atoms. The summed E-state index contributed by atoms with van der Waals surface area (Å²) in [6.07, 6.45) is 1.10. The maximum absolute atomic E-state index is 6.06. The van der Waals surface area contributed by atoms with Gasteiger partial charge < -0.3 is 14.0 Å². The fraction of sp³-hybridized carbons (Fsp3) is 0.632. The SMILES string of the molecule is C[C](COc1ccc(B2OC(C)(C)C(C)(C)O2)cc1)CC(C)C. The lowest BCUT2D eigenvalue weighted by molar-refractivity contribution is 0.00578. The van der Waals surface area contributed by atoms with Crippen molar-refractivity contribution < 1.29 is 14.0 Å². The van der Waals surface area contributed by atoms with Crippen LogP contribution in [0.3, 0.4) is 0 Å². The molecule has 0 atom stereocenters. The summed E-state index contributed by atoms with van der Waals surface area (Å²) in [7, 11) is -0.316. The van der Waals surface area contributed by atoms with Crippen LogP contribution in [0.2, 0.25) is 0 Å². The van der Waals surface area contributed by atoms with Gasteiger partial charge in [0.15, 0.2) is 0 Å². The highest BCUT2D eigenvalue weighted by atomic mass is 16.7. The lowest BCUT2D eigenvalue weighted by Gasteiger charge is -2.32. The molecule has 1 heterocycles. The van der Waals surface area contributed by atoms with Gasteiger partial charge in [0.2, 0.25) is 0 Å². The molecule has 1 saturated heterocycles. The van der Waals surface area contributed by atoms with E-state index in [9.17, 15) is 0 Å². The van der Waals surface area contributed by atoms with Crippen molar-refractivity contribution in [2.24, 2.45) is 5.92 Å². The lowest BCUT2D eigenvalue weighted by Crippen LogP contribution is -2.41. The van der Waals surface area contributed by atoms with Crippen molar-refractivity contribution in [3.63, 3.8) is 0 Å². The van der Waals surface area contributed by atoms with Gasteiger partial charge in [0.25, 0.3) is 0 Å². The Bertz CT molecular complexity index is 492. The molecule has 0 aliphatic carbocycles. The lowest BCUT2D eigenvalue weighted by atomic mass is 9.79.